The van der Waals surface area contributed by atoms with Crippen molar-refractivity contribution in [3.05, 3.63) is 64.7 Å². The Morgan fingerprint density at radius 2 is 1.70 bits per heavy atom. The molecule has 2 rings (SSSR count). The normalized spacial score (nSPS) is 10.6. The summed E-state index contributed by atoms with van der Waals surface area (Å²) in [4.78, 5) is 25.0. The summed E-state index contributed by atoms with van der Waals surface area (Å²) in [5.74, 6) is -0.635. The van der Waals surface area contributed by atoms with Gasteiger partial charge in [0.25, 0.3) is 0 Å². The maximum Gasteiger partial charge on any atom is 0.329 e. The van der Waals surface area contributed by atoms with Crippen LogP contribution in [0.3, 0.4) is 0 Å². The van der Waals surface area contributed by atoms with Crippen molar-refractivity contribution in [2.45, 2.75) is 20.5 Å². The summed E-state index contributed by atoms with van der Waals surface area (Å²) in [7, 11) is 0. The molecule has 2 aromatic carbocycles. The third-order valence-corrected chi connectivity index (χ3v) is 4.08. The van der Waals surface area contributed by atoms with Crippen LogP contribution in [0.5, 0.6) is 5.75 Å². The number of hydrogen-bond donors (Lipinski definition) is 1. The standard InChI is InChI=1S/C20H22ClN3O3/c1-3-24(4-2)20(26)19(25)23-22-13-15-7-11-18(12-8-15)27-14-16-5-9-17(21)10-6-16/h5-13H,3-4,14H2,1-2H3,(H,23,25)/b22-13+. The van der Waals surface area contributed by atoms with Crippen LogP contribution >= 0.6 is 11.6 Å². The van der Waals surface area contributed by atoms with Crippen LogP contribution in [-0.4, -0.2) is 36.0 Å². The van der Waals surface area contributed by atoms with Gasteiger partial charge in [0.15, 0.2) is 0 Å². The van der Waals surface area contributed by atoms with Gasteiger partial charge in [-0.15, -0.1) is 0 Å². The summed E-state index contributed by atoms with van der Waals surface area (Å²) in [5.41, 5.74) is 4.03. The molecule has 2 amide bonds. The second-order valence-corrected chi connectivity index (χ2v) is 6.10. The van der Waals surface area contributed by atoms with Crippen LogP contribution in [0.2, 0.25) is 5.02 Å². The molecule has 0 aliphatic rings. The predicted molar refractivity (Wildman–Crippen MR) is 106 cm³/mol. The lowest BCUT2D eigenvalue weighted by molar-refractivity contribution is -0.145. The molecule has 0 radical (unpaired) electrons. The molecule has 1 N–H and O–H groups in total. The Kier molecular flexibility index (Phi) is 7.82. The first-order chi connectivity index (χ1) is 13.0. The Morgan fingerprint density at radius 3 is 2.30 bits per heavy atom. The van der Waals surface area contributed by atoms with Gasteiger partial charge >= 0.3 is 11.8 Å². The van der Waals surface area contributed by atoms with Crippen LogP contribution < -0.4 is 10.2 Å². The Morgan fingerprint density at radius 1 is 1.07 bits per heavy atom. The average Bonchev–Trinajstić information content (AvgIpc) is 2.69. The molecule has 0 bridgehead atoms. The molecule has 0 aliphatic heterocycles. The van der Waals surface area contributed by atoms with Crippen LogP contribution in [0.1, 0.15) is 25.0 Å². The predicted octanol–water partition coefficient (Wildman–Crippen LogP) is 3.24. The van der Waals surface area contributed by atoms with Gasteiger partial charge in [0.1, 0.15) is 12.4 Å². The van der Waals surface area contributed by atoms with E-state index < -0.39 is 11.8 Å². The third-order valence-electron chi connectivity index (χ3n) is 3.82. The number of carbonyl (C=O) groups is 2. The van der Waals surface area contributed by atoms with Crippen LogP contribution in [0.15, 0.2) is 53.6 Å². The van der Waals surface area contributed by atoms with Crippen LogP contribution in [0, 0.1) is 0 Å². The smallest absolute Gasteiger partial charge is 0.329 e. The van der Waals surface area contributed by atoms with E-state index in [9.17, 15) is 9.59 Å². The van der Waals surface area contributed by atoms with E-state index in [4.69, 9.17) is 16.3 Å². The minimum absolute atomic E-state index is 0.439. The van der Waals surface area contributed by atoms with Gasteiger partial charge < -0.3 is 9.64 Å². The Labute approximate surface area is 163 Å². The maximum atomic E-state index is 11.8. The molecule has 0 spiro atoms. The number of halogens is 1. The molecule has 2 aromatic rings. The fourth-order valence-electron chi connectivity index (χ4n) is 2.27. The molecule has 0 heterocycles. The molecule has 0 fully saturated rings. The fourth-order valence-corrected chi connectivity index (χ4v) is 2.39. The number of likely N-dealkylation sites (N-methyl/N-ethyl adjacent to an activating group) is 1. The van der Waals surface area contributed by atoms with E-state index in [1.54, 1.807) is 24.3 Å². The lowest BCUT2D eigenvalue weighted by Crippen LogP contribution is -2.41. The first-order valence-corrected chi connectivity index (χ1v) is 9.01. The van der Waals surface area contributed by atoms with Crippen molar-refractivity contribution in [2.24, 2.45) is 5.10 Å². The molecule has 27 heavy (non-hydrogen) atoms. The molecule has 0 atom stereocenters. The zero-order valence-corrected chi connectivity index (χ0v) is 16.1. The van der Waals surface area contributed by atoms with E-state index >= 15 is 0 Å². The number of nitrogens with zero attached hydrogens (tertiary/aromatic N) is 2. The number of amides is 2. The lowest BCUT2D eigenvalue weighted by Gasteiger charge is -2.16. The van der Waals surface area contributed by atoms with Gasteiger partial charge in [0.2, 0.25) is 0 Å². The summed E-state index contributed by atoms with van der Waals surface area (Å²) in [5, 5.41) is 4.51. The Balaban J connectivity index is 1.84. The monoisotopic (exact) mass is 387 g/mol. The molecule has 0 saturated heterocycles. The third kappa shape index (κ3) is 6.42. The van der Waals surface area contributed by atoms with Gasteiger partial charge in [0.05, 0.1) is 6.21 Å². The highest BCUT2D eigenvalue weighted by Crippen LogP contribution is 2.15. The number of nitrogens with one attached hydrogen (secondary N) is 1. The van der Waals surface area contributed by atoms with Crippen molar-refractivity contribution < 1.29 is 14.3 Å². The van der Waals surface area contributed by atoms with Gasteiger partial charge in [-0.3, -0.25) is 9.59 Å². The van der Waals surface area contributed by atoms with Crippen LogP contribution in [0.25, 0.3) is 0 Å². The lowest BCUT2D eigenvalue weighted by atomic mass is 10.2. The van der Waals surface area contributed by atoms with Crippen molar-refractivity contribution >= 4 is 29.6 Å². The Hall–Kier alpha value is -2.86. The van der Waals surface area contributed by atoms with Gasteiger partial charge in [-0.05, 0) is 61.4 Å². The topological polar surface area (TPSA) is 71.0 Å². The van der Waals surface area contributed by atoms with E-state index in [0.717, 1.165) is 11.1 Å². The van der Waals surface area contributed by atoms with Crippen molar-refractivity contribution in [2.75, 3.05) is 13.1 Å². The maximum absolute atomic E-state index is 11.8. The molecule has 142 valence electrons. The highest BCUT2D eigenvalue weighted by molar-refractivity contribution is 6.35. The van der Waals surface area contributed by atoms with Crippen LogP contribution in [-0.2, 0) is 16.2 Å². The van der Waals surface area contributed by atoms with Crippen molar-refractivity contribution in [3.63, 3.8) is 0 Å². The number of carbonyl (C=O) groups excluding carboxylic acids is 2. The first kappa shape index (κ1) is 20.5. The van der Waals surface area contributed by atoms with Crippen molar-refractivity contribution in [3.8, 4) is 5.75 Å². The minimum Gasteiger partial charge on any atom is -0.489 e. The summed E-state index contributed by atoms with van der Waals surface area (Å²) in [6.07, 6.45) is 1.47. The zero-order valence-electron chi connectivity index (χ0n) is 15.3. The second-order valence-electron chi connectivity index (χ2n) is 5.66. The second kappa shape index (κ2) is 10.3. The number of hydrogen-bond acceptors (Lipinski definition) is 4. The van der Waals surface area contributed by atoms with Gasteiger partial charge in [-0.25, -0.2) is 5.43 Å². The molecular formula is C20H22ClN3O3. The highest BCUT2D eigenvalue weighted by atomic mass is 35.5. The van der Waals surface area contributed by atoms with Gasteiger partial charge in [-0.1, -0.05) is 23.7 Å². The summed E-state index contributed by atoms with van der Waals surface area (Å²) in [6, 6.07) is 14.7. The first-order valence-electron chi connectivity index (χ1n) is 8.63. The summed E-state index contributed by atoms with van der Waals surface area (Å²) >= 11 is 5.85. The molecule has 7 heteroatoms. The average molecular weight is 388 g/mol. The highest BCUT2D eigenvalue weighted by Gasteiger charge is 2.18. The molecule has 0 unspecified atom stereocenters. The summed E-state index contributed by atoms with van der Waals surface area (Å²) in [6.45, 7) is 5.02. The van der Waals surface area contributed by atoms with Crippen LogP contribution in [0.4, 0.5) is 0 Å². The largest absolute Gasteiger partial charge is 0.489 e. The summed E-state index contributed by atoms with van der Waals surface area (Å²) < 4.78 is 5.70. The molecule has 0 aromatic heterocycles. The fraction of sp³-hybridized carbons (Fsp3) is 0.250. The quantitative estimate of drug-likeness (QED) is 0.450. The minimum atomic E-state index is -0.752. The molecule has 0 saturated carbocycles. The zero-order chi connectivity index (χ0) is 19.6. The molecular weight excluding hydrogens is 366 g/mol. The van der Waals surface area contributed by atoms with E-state index in [2.05, 4.69) is 10.5 Å². The number of benzene rings is 2. The van der Waals surface area contributed by atoms with Crippen molar-refractivity contribution in [1.82, 2.24) is 10.3 Å². The van der Waals surface area contributed by atoms with E-state index in [1.165, 1.54) is 11.1 Å². The van der Waals surface area contributed by atoms with E-state index in [0.29, 0.717) is 30.5 Å². The number of ether oxygens (including phenoxy) is 1. The van der Waals surface area contributed by atoms with Crippen molar-refractivity contribution in [1.29, 1.82) is 0 Å². The van der Waals surface area contributed by atoms with Gasteiger partial charge in [-0.2, -0.15) is 5.10 Å². The van der Waals surface area contributed by atoms with Gasteiger partial charge in [0, 0.05) is 18.1 Å². The van der Waals surface area contributed by atoms with E-state index in [1.807, 2.05) is 38.1 Å². The Bertz CT molecular complexity index is 785. The molecule has 0 aliphatic carbocycles. The van der Waals surface area contributed by atoms with E-state index in [-0.39, 0.29) is 0 Å². The number of hydrazone groups is 1. The SMILES string of the molecule is CCN(CC)C(=O)C(=O)N/N=C/c1ccc(OCc2ccc(Cl)cc2)cc1. The number of rotatable bonds is 7. The molecule has 6 nitrogen and oxygen atoms in total.